The molecule has 2 rings (SSSR count). The zero-order chi connectivity index (χ0) is 9.26. The Labute approximate surface area is 80.2 Å². The van der Waals surface area contributed by atoms with Gasteiger partial charge in [0.1, 0.15) is 0 Å². The van der Waals surface area contributed by atoms with Crippen LogP contribution in [0.3, 0.4) is 0 Å². The fourth-order valence-corrected chi connectivity index (χ4v) is 2.05. The van der Waals surface area contributed by atoms with Gasteiger partial charge >= 0.3 is 0 Å². The SMILES string of the molecule is Cc1cccc([C@@H]2C[C@@H](C)CN2)c1. The van der Waals surface area contributed by atoms with E-state index in [-0.39, 0.29) is 0 Å². The number of benzene rings is 1. The molecule has 1 aromatic rings. The Bertz CT molecular complexity index is 293. The summed E-state index contributed by atoms with van der Waals surface area (Å²) in [6, 6.07) is 9.41. The molecule has 0 aromatic heterocycles. The minimum Gasteiger partial charge on any atom is -0.310 e. The second-order valence-corrected chi connectivity index (χ2v) is 4.22. The van der Waals surface area contributed by atoms with Crippen LogP contribution in [0.4, 0.5) is 0 Å². The normalized spacial score (nSPS) is 27.8. The Morgan fingerprint density at radius 3 is 2.85 bits per heavy atom. The predicted octanol–water partition coefficient (Wildman–Crippen LogP) is 2.67. The molecule has 1 saturated heterocycles. The van der Waals surface area contributed by atoms with Gasteiger partial charge in [-0.15, -0.1) is 0 Å². The first-order chi connectivity index (χ1) is 6.25. The quantitative estimate of drug-likeness (QED) is 0.692. The van der Waals surface area contributed by atoms with E-state index in [9.17, 15) is 0 Å². The van der Waals surface area contributed by atoms with Crippen LogP contribution in [0, 0.1) is 12.8 Å². The third-order valence-electron chi connectivity index (χ3n) is 2.80. The van der Waals surface area contributed by atoms with Crippen LogP contribution >= 0.6 is 0 Å². The Morgan fingerprint density at radius 1 is 1.38 bits per heavy atom. The molecule has 0 bridgehead atoms. The van der Waals surface area contributed by atoms with Crippen molar-refractivity contribution in [2.45, 2.75) is 26.3 Å². The summed E-state index contributed by atoms with van der Waals surface area (Å²) in [4.78, 5) is 0. The van der Waals surface area contributed by atoms with E-state index in [0.29, 0.717) is 6.04 Å². The highest BCUT2D eigenvalue weighted by Crippen LogP contribution is 2.26. The smallest absolute Gasteiger partial charge is 0.0323 e. The number of rotatable bonds is 1. The van der Waals surface area contributed by atoms with E-state index in [1.54, 1.807) is 0 Å². The molecule has 1 fully saturated rings. The molecule has 0 spiro atoms. The molecule has 70 valence electrons. The van der Waals surface area contributed by atoms with Gasteiger partial charge in [-0.25, -0.2) is 0 Å². The molecule has 1 heteroatoms. The van der Waals surface area contributed by atoms with Crippen LogP contribution in [0.1, 0.15) is 30.5 Å². The summed E-state index contributed by atoms with van der Waals surface area (Å²) in [5, 5.41) is 3.55. The van der Waals surface area contributed by atoms with Gasteiger partial charge in [-0.05, 0) is 31.4 Å². The van der Waals surface area contributed by atoms with Crippen molar-refractivity contribution in [2.24, 2.45) is 5.92 Å². The van der Waals surface area contributed by atoms with Crippen molar-refractivity contribution in [3.63, 3.8) is 0 Å². The fraction of sp³-hybridized carbons (Fsp3) is 0.500. The first-order valence-electron chi connectivity index (χ1n) is 5.05. The molecular weight excluding hydrogens is 158 g/mol. The molecule has 13 heavy (non-hydrogen) atoms. The van der Waals surface area contributed by atoms with Crippen LogP contribution in [0.25, 0.3) is 0 Å². The standard InChI is InChI=1S/C12H17N/c1-9-4-3-5-11(6-9)12-7-10(2)8-13-12/h3-6,10,12-13H,7-8H2,1-2H3/t10-,12+/m1/s1. The summed E-state index contributed by atoms with van der Waals surface area (Å²) in [5.41, 5.74) is 2.81. The molecule has 1 aliphatic heterocycles. The molecule has 1 N–H and O–H groups in total. The zero-order valence-electron chi connectivity index (χ0n) is 8.38. The molecule has 2 atom stereocenters. The van der Waals surface area contributed by atoms with Crippen LogP contribution in [0.5, 0.6) is 0 Å². The average molecular weight is 175 g/mol. The van der Waals surface area contributed by atoms with Crippen LogP contribution in [0.15, 0.2) is 24.3 Å². The highest BCUT2D eigenvalue weighted by molar-refractivity contribution is 5.25. The third kappa shape index (κ3) is 1.92. The van der Waals surface area contributed by atoms with Crippen LogP contribution in [-0.2, 0) is 0 Å². The van der Waals surface area contributed by atoms with E-state index in [1.807, 2.05) is 0 Å². The lowest BCUT2D eigenvalue weighted by Crippen LogP contribution is -2.13. The van der Waals surface area contributed by atoms with E-state index in [1.165, 1.54) is 24.1 Å². The van der Waals surface area contributed by atoms with E-state index >= 15 is 0 Å². The molecule has 0 aliphatic carbocycles. The van der Waals surface area contributed by atoms with E-state index in [4.69, 9.17) is 0 Å². The second-order valence-electron chi connectivity index (χ2n) is 4.22. The molecule has 1 heterocycles. The number of nitrogens with one attached hydrogen (secondary N) is 1. The lowest BCUT2D eigenvalue weighted by molar-refractivity contribution is 0.611. The lowest BCUT2D eigenvalue weighted by atomic mass is 10.00. The van der Waals surface area contributed by atoms with Gasteiger partial charge in [0.15, 0.2) is 0 Å². The average Bonchev–Trinajstić information content (AvgIpc) is 2.52. The molecule has 1 aliphatic rings. The van der Waals surface area contributed by atoms with Crippen molar-refractivity contribution >= 4 is 0 Å². The lowest BCUT2D eigenvalue weighted by Gasteiger charge is -2.10. The van der Waals surface area contributed by atoms with E-state index in [2.05, 4.69) is 43.4 Å². The summed E-state index contributed by atoms with van der Waals surface area (Å²) in [6.45, 7) is 5.63. The predicted molar refractivity (Wildman–Crippen MR) is 55.7 cm³/mol. The Kier molecular flexibility index (Phi) is 2.36. The van der Waals surface area contributed by atoms with E-state index in [0.717, 1.165) is 5.92 Å². The fourth-order valence-electron chi connectivity index (χ4n) is 2.05. The molecular formula is C12H17N. The topological polar surface area (TPSA) is 12.0 Å². The summed E-state index contributed by atoms with van der Waals surface area (Å²) >= 11 is 0. The van der Waals surface area contributed by atoms with Crippen LogP contribution in [-0.4, -0.2) is 6.54 Å². The third-order valence-corrected chi connectivity index (χ3v) is 2.80. The molecule has 0 saturated carbocycles. The van der Waals surface area contributed by atoms with Gasteiger partial charge in [0.2, 0.25) is 0 Å². The maximum Gasteiger partial charge on any atom is 0.0323 e. The highest BCUT2D eigenvalue weighted by atomic mass is 14.9. The second kappa shape index (κ2) is 3.51. The van der Waals surface area contributed by atoms with Crippen molar-refractivity contribution in [3.8, 4) is 0 Å². The van der Waals surface area contributed by atoms with Crippen molar-refractivity contribution in [1.82, 2.24) is 5.32 Å². The minimum atomic E-state index is 0.592. The maximum absolute atomic E-state index is 3.55. The molecule has 0 unspecified atom stereocenters. The Hall–Kier alpha value is -0.820. The first-order valence-corrected chi connectivity index (χ1v) is 5.05. The van der Waals surface area contributed by atoms with Gasteiger partial charge in [-0.3, -0.25) is 0 Å². The van der Waals surface area contributed by atoms with Crippen LogP contribution in [0.2, 0.25) is 0 Å². The van der Waals surface area contributed by atoms with Gasteiger partial charge in [0, 0.05) is 6.04 Å². The van der Waals surface area contributed by atoms with Gasteiger partial charge in [-0.1, -0.05) is 36.8 Å². The Balaban J connectivity index is 2.16. The van der Waals surface area contributed by atoms with Gasteiger partial charge < -0.3 is 5.32 Å². The number of hydrogen-bond acceptors (Lipinski definition) is 1. The zero-order valence-corrected chi connectivity index (χ0v) is 8.38. The maximum atomic E-state index is 3.55. The summed E-state index contributed by atoms with van der Waals surface area (Å²) in [6.07, 6.45) is 1.28. The summed E-state index contributed by atoms with van der Waals surface area (Å²) in [7, 11) is 0. The summed E-state index contributed by atoms with van der Waals surface area (Å²) < 4.78 is 0. The van der Waals surface area contributed by atoms with Crippen molar-refractivity contribution < 1.29 is 0 Å². The van der Waals surface area contributed by atoms with Crippen LogP contribution < -0.4 is 5.32 Å². The molecule has 1 nitrogen and oxygen atoms in total. The highest BCUT2D eigenvalue weighted by Gasteiger charge is 2.21. The van der Waals surface area contributed by atoms with Gasteiger partial charge in [0.05, 0.1) is 0 Å². The van der Waals surface area contributed by atoms with Gasteiger partial charge in [0.25, 0.3) is 0 Å². The first kappa shape index (κ1) is 8.76. The molecule has 1 aromatic carbocycles. The van der Waals surface area contributed by atoms with Crippen molar-refractivity contribution in [3.05, 3.63) is 35.4 Å². The van der Waals surface area contributed by atoms with Crippen molar-refractivity contribution in [1.29, 1.82) is 0 Å². The largest absolute Gasteiger partial charge is 0.310 e. The monoisotopic (exact) mass is 175 g/mol. The number of hydrogen-bond donors (Lipinski definition) is 1. The number of aryl methyl sites for hydroxylation is 1. The Morgan fingerprint density at radius 2 is 2.23 bits per heavy atom. The minimum absolute atomic E-state index is 0.592. The summed E-state index contributed by atoms with van der Waals surface area (Å²) in [5.74, 6) is 0.825. The molecule has 0 amide bonds. The molecule has 0 radical (unpaired) electrons. The van der Waals surface area contributed by atoms with Crippen molar-refractivity contribution in [2.75, 3.05) is 6.54 Å². The van der Waals surface area contributed by atoms with Gasteiger partial charge in [-0.2, -0.15) is 0 Å². The van der Waals surface area contributed by atoms with E-state index < -0.39 is 0 Å².